The van der Waals surface area contributed by atoms with Crippen molar-refractivity contribution in [1.29, 1.82) is 0 Å². The molecule has 2 aliphatic rings. The molecule has 0 atom stereocenters. The van der Waals surface area contributed by atoms with Crippen LogP contribution in [-0.2, 0) is 24.3 Å². The van der Waals surface area contributed by atoms with Crippen LogP contribution in [0.25, 0.3) is 0 Å². The van der Waals surface area contributed by atoms with Gasteiger partial charge in [0.15, 0.2) is 0 Å². The summed E-state index contributed by atoms with van der Waals surface area (Å²) in [6.07, 6.45) is 1.50. The van der Waals surface area contributed by atoms with Gasteiger partial charge in [0.1, 0.15) is 17.3 Å². The Balaban J connectivity index is 1.79. The van der Waals surface area contributed by atoms with E-state index in [0.717, 1.165) is 18.9 Å². The molecule has 0 aromatic heterocycles. The molecule has 0 bridgehead atoms. The Morgan fingerprint density at radius 1 is 1.19 bits per heavy atom. The standard InChI is InChI=1S/C19H23N3O8S/c1-3-29-18(24)13-9-20-19(25)21-14(13)10-30-17(23)11-4-7-15(28-2)16(8-11)31(26,27)22-12-5-6-12/h4,7-8,12,22H,3,5-6,9-10H2,1-2H3,(H2,20,21,25). The molecule has 0 saturated heterocycles. The molecule has 0 unspecified atom stereocenters. The Kier molecular flexibility index (Phi) is 6.81. The molecule has 2 amide bonds. The van der Waals surface area contributed by atoms with Crippen LogP contribution in [-0.4, -0.2) is 59.3 Å². The van der Waals surface area contributed by atoms with Gasteiger partial charge >= 0.3 is 18.0 Å². The van der Waals surface area contributed by atoms with Crippen LogP contribution in [0.4, 0.5) is 4.79 Å². The second-order valence-corrected chi connectivity index (χ2v) is 8.50. The maximum atomic E-state index is 12.6. The number of urea groups is 1. The van der Waals surface area contributed by atoms with Gasteiger partial charge in [0, 0.05) is 6.04 Å². The lowest BCUT2D eigenvalue weighted by Crippen LogP contribution is -2.45. The number of carbonyl (C=O) groups is 3. The van der Waals surface area contributed by atoms with Crippen molar-refractivity contribution in [3.05, 3.63) is 35.0 Å². The number of esters is 2. The number of hydrogen-bond acceptors (Lipinski definition) is 8. The average Bonchev–Trinajstić information content (AvgIpc) is 3.55. The zero-order valence-electron chi connectivity index (χ0n) is 17.0. The molecule has 1 aromatic carbocycles. The highest BCUT2D eigenvalue weighted by atomic mass is 32.2. The molecule has 1 saturated carbocycles. The minimum atomic E-state index is -3.88. The van der Waals surface area contributed by atoms with E-state index in [1.165, 1.54) is 19.2 Å². The second-order valence-electron chi connectivity index (χ2n) is 6.82. The molecule has 1 aliphatic carbocycles. The van der Waals surface area contributed by atoms with Crippen molar-refractivity contribution < 1.29 is 37.0 Å². The first kappa shape index (κ1) is 22.6. The van der Waals surface area contributed by atoms with Crippen molar-refractivity contribution in [2.45, 2.75) is 30.7 Å². The smallest absolute Gasteiger partial charge is 0.338 e. The summed E-state index contributed by atoms with van der Waals surface area (Å²) in [7, 11) is -2.56. The summed E-state index contributed by atoms with van der Waals surface area (Å²) in [5, 5.41) is 4.86. The van der Waals surface area contributed by atoms with Gasteiger partial charge in [-0.1, -0.05) is 0 Å². The predicted molar refractivity (Wildman–Crippen MR) is 107 cm³/mol. The zero-order valence-corrected chi connectivity index (χ0v) is 17.8. The molecule has 1 aliphatic heterocycles. The number of sulfonamides is 1. The monoisotopic (exact) mass is 453 g/mol. The molecule has 1 heterocycles. The van der Waals surface area contributed by atoms with Crippen molar-refractivity contribution in [2.24, 2.45) is 0 Å². The van der Waals surface area contributed by atoms with Crippen molar-refractivity contribution >= 4 is 28.0 Å². The van der Waals surface area contributed by atoms with Crippen LogP contribution < -0.4 is 20.1 Å². The predicted octanol–water partition coefficient (Wildman–Crippen LogP) is 0.423. The van der Waals surface area contributed by atoms with Gasteiger partial charge in [-0.2, -0.15) is 0 Å². The quantitative estimate of drug-likeness (QED) is 0.456. The van der Waals surface area contributed by atoms with E-state index in [9.17, 15) is 22.8 Å². The maximum Gasteiger partial charge on any atom is 0.338 e. The van der Waals surface area contributed by atoms with Gasteiger partial charge in [-0.3, -0.25) is 0 Å². The van der Waals surface area contributed by atoms with E-state index in [0.29, 0.717) is 0 Å². The topological polar surface area (TPSA) is 149 Å². The van der Waals surface area contributed by atoms with Crippen LogP contribution in [0, 0.1) is 0 Å². The van der Waals surface area contributed by atoms with Crippen LogP contribution in [0.3, 0.4) is 0 Å². The number of benzene rings is 1. The largest absolute Gasteiger partial charge is 0.495 e. The molecule has 1 fully saturated rings. The zero-order chi connectivity index (χ0) is 22.6. The SMILES string of the molecule is CCOC(=O)C1=C(COC(=O)c2ccc(OC)c(S(=O)(=O)NC3CC3)c2)NC(=O)NC1. The lowest BCUT2D eigenvalue weighted by Gasteiger charge is -2.21. The molecule has 31 heavy (non-hydrogen) atoms. The number of ether oxygens (including phenoxy) is 3. The van der Waals surface area contributed by atoms with Crippen molar-refractivity contribution in [2.75, 3.05) is 26.9 Å². The van der Waals surface area contributed by atoms with Gasteiger partial charge in [-0.15, -0.1) is 0 Å². The summed E-state index contributed by atoms with van der Waals surface area (Å²) in [4.78, 5) is 36.0. The van der Waals surface area contributed by atoms with E-state index in [-0.39, 0.29) is 46.7 Å². The number of methoxy groups -OCH3 is 1. The Hall–Kier alpha value is -3.12. The minimum Gasteiger partial charge on any atom is -0.495 e. The first-order valence-corrected chi connectivity index (χ1v) is 11.0. The third-order valence-electron chi connectivity index (χ3n) is 4.51. The van der Waals surface area contributed by atoms with Crippen molar-refractivity contribution in [3.63, 3.8) is 0 Å². The summed E-state index contributed by atoms with van der Waals surface area (Å²) in [5.41, 5.74) is 0.184. The molecule has 0 radical (unpaired) electrons. The van der Waals surface area contributed by atoms with Crippen LogP contribution in [0.1, 0.15) is 30.1 Å². The van der Waals surface area contributed by atoms with Crippen LogP contribution >= 0.6 is 0 Å². The normalized spacial score (nSPS) is 16.3. The van der Waals surface area contributed by atoms with E-state index in [2.05, 4.69) is 15.4 Å². The van der Waals surface area contributed by atoms with Gasteiger partial charge in [0.25, 0.3) is 0 Å². The highest BCUT2D eigenvalue weighted by molar-refractivity contribution is 7.89. The van der Waals surface area contributed by atoms with Crippen molar-refractivity contribution in [3.8, 4) is 5.75 Å². The fourth-order valence-electron chi connectivity index (χ4n) is 2.79. The first-order chi connectivity index (χ1) is 14.7. The first-order valence-electron chi connectivity index (χ1n) is 9.56. The lowest BCUT2D eigenvalue weighted by molar-refractivity contribution is -0.138. The number of hydrogen-bond donors (Lipinski definition) is 3. The summed E-state index contributed by atoms with van der Waals surface area (Å²) < 4.78 is 43.0. The number of amides is 2. The molecular weight excluding hydrogens is 430 g/mol. The molecular formula is C19H23N3O8S. The van der Waals surface area contributed by atoms with E-state index < -0.39 is 34.6 Å². The van der Waals surface area contributed by atoms with Crippen LogP contribution in [0.15, 0.2) is 34.4 Å². The fraction of sp³-hybridized carbons (Fsp3) is 0.421. The van der Waals surface area contributed by atoms with Gasteiger partial charge in [0.2, 0.25) is 10.0 Å². The second kappa shape index (κ2) is 9.35. The number of carbonyl (C=O) groups excluding carboxylic acids is 3. The fourth-order valence-corrected chi connectivity index (χ4v) is 4.29. The summed E-state index contributed by atoms with van der Waals surface area (Å²) in [5.74, 6) is -1.40. The number of nitrogens with one attached hydrogen (secondary N) is 3. The Labute approximate surface area is 179 Å². The molecule has 168 valence electrons. The highest BCUT2D eigenvalue weighted by Gasteiger charge is 2.31. The minimum absolute atomic E-state index is 0.0319. The van der Waals surface area contributed by atoms with E-state index in [1.807, 2.05) is 0 Å². The van der Waals surface area contributed by atoms with Gasteiger partial charge in [-0.05, 0) is 38.0 Å². The van der Waals surface area contributed by atoms with Crippen LogP contribution in [0.5, 0.6) is 5.75 Å². The Morgan fingerprint density at radius 2 is 1.94 bits per heavy atom. The summed E-state index contributed by atoms with van der Waals surface area (Å²) in [6.45, 7) is 1.30. The number of rotatable bonds is 9. The third-order valence-corrected chi connectivity index (χ3v) is 6.05. The molecule has 12 heteroatoms. The molecule has 0 spiro atoms. The van der Waals surface area contributed by atoms with Gasteiger partial charge in [-0.25, -0.2) is 27.5 Å². The van der Waals surface area contributed by atoms with E-state index in [4.69, 9.17) is 14.2 Å². The molecule has 3 rings (SSSR count). The maximum absolute atomic E-state index is 12.6. The molecule has 11 nitrogen and oxygen atoms in total. The van der Waals surface area contributed by atoms with Crippen molar-refractivity contribution in [1.82, 2.24) is 15.4 Å². The van der Waals surface area contributed by atoms with Gasteiger partial charge in [0.05, 0.1) is 37.1 Å². The molecule has 3 N–H and O–H groups in total. The van der Waals surface area contributed by atoms with E-state index in [1.54, 1.807) is 6.92 Å². The Bertz CT molecular complexity index is 1030. The summed E-state index contributed by atoms with van der Waals surface area (Å²) >= 11 is 0. The Morgan fingerprint density at radius 3 is 2.58 bits per heavy atom. The van der Waals surface area contributed by atoms with E-state index >= 15 is 0 Å². The molecule has 1 aromatic rings. The summed E-state index contributed by atoms with van der Waals surface area (Å²) in [6, 6.07) is 3.20. The average molecular weight is 453 g/mol. The third kappa shape index (κ3) is 5.52. The highest BCUT2D eigenvalue weighted by Crippen LogP contribution is 2.28. The van der Waals surface area contributed by atoms with Gasteiger partial charge < -0.3 is 24.8 Å². The van der Waals surface area contributed by atoms with Crippen LogP contribution in [0.2, 0.25) is 0 Å². The lowest BCUT2D eigenvalue weighted by atomic mass is 10.1.